The normalized spacial score (nSPS) is 13.1. The van der Waals surface area contributed by atoms with Crippen molar-refractivity contribution >= 4 is 27.7 Å². The molecule has 0 rings (SSSR count). The van der Waals surface area contributed by atoms with Gasteiger partial charge in [0.15, 0.2) is 0 Å². The lowest BCUT2D eigenvalue weighted by Crippen LogP contribution is -2.05. The summed E-state index contributed by atoms with van der Waals surface area (Å²) in [6.45, 7) is 6.70. The standard InChI is InChI=1S/C7H13BrOS/c1-6(8)5-10-7(2)4-9-3/h7H,1,4-5H2,2-3H3. The Morgan fingerprint density at radius 2 is 2.40 bits per heavy atom. The van der Waals surface area contributed by atoms with Gasteiger partial charge in [-0.3, -0.25) is 0 Å². The molecular formula is C7H13BrOS. The predicted octanol–water partition coefficient (Wildman–Crippen LogP) is 2.66. The van der Waals surface area contributed by atoms with Crippen LogP contribution in [-0.4, -0.2) is 24.7 Å². The van der Waals surface area contributed by atoms with Crippen LogP contribution in [0.15, 0.2) is 11.1 Å². The minimum atomic E-state index is 0.555. The first kappa shape index (κ1) is 10.5. The van der Waals surface area contributed by atoms with Crippen LogP contribution in [0.2, 0.25) is 0 Å². The molecule has 0 spiro atoms. The van der Waals surface area contributed by atoms with Gasteiger partial charge in [-0.25, -0.2) is 0 Å². The SMILES string of the molecule is C=C(Br)CSC(C)COC. The van der Waals surface area contributed by atoms with E-state index in [0.29, 0.717) is 5.25 Å². The van der Waals surface area contributed by atoms with Gasteiger partial charge in [-0.2, -0.15) is 11.8 Å². The number of thioether (sulfide) groups is 1. The van der Waals surface area contributed by atoms with Gasteiger partial charge in [0.2, 0.25) is 0 Å². The monoisotopic (exact) mass is 224 g/mol. The van der Waals surface area contributed by atoms with Crippen LogP contribution in [0.3, 0.4) is 0 Å². The van der Waals surface area contributed by atoms with Gasteiger partial charge < -0.3 is 4.74 Å². The Balaban J connectivity index is 3.21. The Labute approximate surface area is 75.3 Å². The molecule has 1 atom stereocenters. The lowest BCUT2D eigenvalue weighted by Gasteiger charge is -2.07. The van der Waals surface area contributed by atoms with Gasteiger partial charge in [0, 0.05) is 18.1 Å². The molecule has 0 aliphatic rings. The Morgan fingerprint density at radius 1 is 1.80 bits per heavy atom. The number of hydrogen-bond donors (Lipinski definition) is 0. The van der Waals surface area contributed by atoms with Crippen molar-refractivity contribution in [1.29, 1.82) is 0 Å². The van der Waals surface area contributed by atoms with E-state index in [1.165, 1.54) is 0 Å². The molecule has 0 saturated heterocycles. The maximum atomic E-state index is 4.97. The van der Waals surface area contributed by atoms with Crippen molar-refractivity contribution in [1.82, 2.24) is 0 Å². The summed E-state index contributed by atoms with van der Waals surface area (Å²) in [6, 6.07) is 0. The van der Waals surface area contributed by atoms with Crippen LogP contribution in [0.5, 0.6) is 0 Å². The minimum Gasteiger partial charge on any atom is -0.384 e. The largest absolute Gasteiger partial charge is 0.384 e. The van der Waals surface area contributed by atoms with Crippen LogP contribution in [0.25, 0.3) is 0 Å². The summed E-state index contributed by atoms with van der Waals surface area (Å²) in [5, 5.41) is 0.555. The molecule has 0 saturated carbocycles. The summed E-state index contributed by atoms with van der Waals surface area (Å²) in [6.07, 6.45) is 0. The molecule has 0 aromatic rings. The average Bonchev–Trinajstić information content (AvgIpc) is 1.85. The topological polar surface area (TPSA) is 9.23 Å². The molecule has 0 bridgehead atoms. The molecule has 0 aliphatic carbocycles. The summed E-state index contributed by atoms with van der Waals surface area (Å²) in [7, 11) is 1.72. The third-order valence-electron chi connectivity index (χ3n) is 0.926. The minimum absolute atomic E-state index is 0.555. The number of rotatable bonds is 5. The molecule has 0 heterocycles. The number of hydrogen-bond acceptors (Lipinski definition) is 2. The fourth-order valence-corrected chi connectivity index (χ4v) is 1.61. The highest BCUT2D eigenvalue weighted by Gasteiger charge is 2.00. The van der Waals surface area contributed by atoms with Gasteiger partial charge in [-0.05, 0) is 4.48 Å². The summed E-state index contributed by atoms with van der Waals surface area (Å²) >= 11 is 5.14. The molecule has 0 aliphatic heterocycles. The van der Waals surface area contributed by atoms with Crippen molar-refractivity contribution in [3.8, 4) is 0 Å². The smallest absolute Gasteiger partial charge is 0.0578 e. The van der Waals surface area contributed by atoms with E-state index >= 15 is 0 Å². The van der Waals surface area contributed by atoms with Gasteiger partial charge in [0.05, 0.1) is 6.61 Å². The predicted molar refractivity (Wildman–Crippen MR) is 51.9 cm³/mol. The van der Waals surface area contributed by atoms with Gasteiger partial charge in [0.25, 0.3) is 0 Å². The summed E-state index contributed by atoms with van der Waals surface area (Å²) < 4.78 is 6.01. The molecule has 1 unspecified atom stereocenters. The van der Waals surface area contributed by atoms with Crippen molar-refractivity contribution in [2.24, 2.45) is 0 Å². The van der Waals surface area contributed by atoms with Crippen molar-refractivity contribution in [2.45, 2.75) is 12.2 Å². The Kier molecular flexibility index (Phi) is 6.59. The fourth-order valence-electron chi connectivity index (χ4n) is 0.516. The van der Waals surface area contributed by atoms with Crippen molar-refractivity contribution in [3.63, 3.8) is 0 Å². The van der Waals surface area contributed by atoms with E-state index in [2.05, 4.69) is 29.4 Å². The lowest BCUT2D eigenvalue weighted by molar-refractivity contribution is 0.203. The highest BCUT2D eigenvalue weighted by molar-refractivity contribution is 9.11. The molecule has 0 fully saturated rings. The van der Waals surface area contributed by atoms with Crippen molar-refractivity contribution < 1.29 is 4.74 Å². The van der Waals surface area contributed by atoms with Gasteiger partial charge >= 0.3 is 0 Å². The van der Waals surface area contributed by atoms with E-state index in [-0.39, 0.29) is 0 Å². The fraction of sp³-hybridized carbons (Fsp3) is 0.714. The van der Waals surface area contributed by atoms with E-state index in [0.717, 1.165) is 16.8 Å². The Hall–Kier alpha value is 0.530. The van der Waals surface area contributed by atoms with Crippen LogP contribution in [-0.2, 0) is 4.74 Å². The first-order chi connectivity index (χ1) is 4.66. The quantitative estimate of drug-likeness (QED) is 0.711. The first-order valence-electron chi connectivity index (χ1n) is 3.10. The van der Waals surface area contributed by atoms with E-state index in [1.54, 1.807) is 7.11 Å². The second-order valence-corrected chi connectivity index (χ2v) is 4.64. The maximum absolute atomic E-state index is 4.97. The summed E-state index contributed by atoms with van der Waals surface area (Å²) in [4.78, 5) is 0. The molecule has 1 nitrogen and oxygen atoms in total. The van der Waals surface area contributed by atoms with Crippen LogP contribution in [0.4, 0.5) is 0 Å². The van der Waals surface area contributed by atoms with Crippen molar-refractivity contribution in [3.05, 3.63) is 11.1 Å². The van der Waals surface area contributed by atoms with E-state index in [9.17, 15) is 0 Å². The number of methoxy groups -OCH3 is 1. The van der Waals surface area contributed by atoms with Crippen LogP contribution in [0, 0.1) is 0 Å². The average molecular weight is 225 g/mol. The highest BCUT2D eigenvalue weighted by Crippen LogP contribution is 2.16. The van der Waals surface area contributed by atoms with Crippen LogP contribution in [0.1, 0.15) is 6.92 Å². The Bertz CT molecular complexity index is 106. The molecule has 0 N–H and O–H groups in total. The van der Waals surface area contributed by atoms with Gasteiger partial charge in [-0.1, -0.05) is 29.4 Å². The third kappa shape index (κ3) is 6.65. The second kappa shape index (κ2) is 6.25. The van der Waals surface area contributed by atoms with E-state index in [4.69, 9.17) is 4.74 Å². The zero-order valence-electron chi connectivity index (χ0n) is 6.39. The van der Waals surface area contributed by atoms with Crippen molar-refractivity contribution in [2.75, 3.05) is 19.5 Å². The maximum Gasteiger partial charge on any atom is 0.0578 e. The summed E-state index contributed by atoms with van der Waals surface area (Å²) in [5.41, 5.74) is 0. The first-order valence-corrected chi connectivity index (χ1v) is 4.94. The molecular weight excluding hydrogens is 212 g/mol. The van der Waals surface area contributed by atoms with Crippen LogP contribution < -0.4 is 0 Å². The lowest BCUT2D eigenvalue weighted by atomic mass is 10.5. The molecule has 0 radical (unpaired) electrons. The van der Waals surface area contributed by atoms with Gasteiger partial charge in [-0.15, -0.1) is 0 Å². The van der Waals surface area contributed by atoms with E-state index in [1.807, 2.05) is 11.8 Å². The number of halogens is 1. The molecule has 60 valence electrons. The highest BCUT2D eigenvalue weighted by atomic mass is 79.9. The van der Waals surface area contributed by atoms with Crippen LogP contribution >= 0.6 is 27.7 Å². The second-order valence-electron chi connectivity index (χ2n) is 2.09. The van der Waals surface area contributed by atoms with E-state index < -0.39 is 0 Å². The molecule has 0 amide bonds. The molecule has 0 aromatic heterocycles. The molecule has 10 heavy (non-hydrogen) atoms. The zero-order valence-corrected chi connectivity index (χ0v) is 8.80. The number of ether oxygens (including phenoxy) is 1. The third-order valence-corrected chi connectivity index (χ3v) is 2.80. The molecule has 3 heteroatoms. The zero-order chi connectivity index (χ0) is 7.98. The molecule has 0 aromatic carbocycles. The Morgan fingerprint density at radius 3 is 2.80 bits per heavy atom. The van der Waals surface area contributed by atoms with Gasteiger partial charge in [0.1, 0.15) is 0 Å². The summed E-state index contributed by atoms with van der Waals surface area (Å²) in [5.74, 6) is 0.963.